The quantitative estimate of drug-likeness (QED) is 0.667. The predicted molar refractivity (Wildman–Crippen MR) is 83.6 cm³/mol. The lowest BCUT2D eigenvalue weighted by Gasteiger charge is -2.21. The fourth-order valence-electron chi connectivity index (χ4n) is 2.71. The van der Waals surface area contributed by atoms with E-state index in [1.807, 2.05) is 0 Å². The Labute approximate surface area is 132 Å². The molecule has 0 unspecified atom stereocenters. The van der Waals surface area contributed by atoms with Gasteiger partial charge in [-0.1, -0.05) is 12.1 Å². The molecule has 2 aromatic rings. The number of nitrogen functional groups attached to an aromatic ring is 1. The summed E-state index contributed by atoms with van der Waals surface area (Å²) in [6, 6.07) is 4.94. The van der Waals surface area contributed by atoms with Gasteiger partial charge in [-0.15, -0.1) is 5.10 Å². The zero-order valence-corrected chi connectivity index (χ0v) is 12.6. The molecule has 1 fully saturated rings. The van der Waals surface area contributed by atoms with Crippen molar-refractivity contribution in [2.75, 3.05) is 18.8 Å². The van der Waals surface area contributed by atoms with Gasteiger partial charge in [-0.25, -0.2) is 4.39 Å². The van der Waals surface area contributed by atoms with Crippen LogP contribution < -0.4 is 16.4 Å². The van der Waals surface area contributed by atoms with Gasteiger partial charge in [0, 0.05) is 18.0 Å². The number of hydrogen-bond acceptors (Lipinski definition) is 5. The van der Waals surface area contributed by atoms with E-state index in [0.29, 0.717) is 5.56 Å². The van der Waals surface area contributed by atoms with Gasteiger partial charge in [0.05, 0.1) is 5.56 Å². The molecular formula is C15H19FN6O. The number of aromatic amines is 1. The van der Waals surface area contributed by atoms with E-state index < -0.39 is 5.82 Å². The summed E-state index contributed by atoms with van der Waals surface area (Å²) in [6.07, 6.45) is 1.62. The Bertz CT molecular complexity index is 695. The van der Waals surface area contributed by atoms with Crippen LogP contribution in [-0.2, 0) is 11.3 Å². The third-order valence-electron chi connectivity index (χ3n) is 4.00. The lowest BCUT2D eigenvalue weighted by molar-refractivity contribution is -0.125. The number of amides is 1. The van der Waals surface area contributed by atoms with Crippen molar-refractivity contribution < 1.29 is 9.18 Å². The number of hydrogen-bond donors (Lipinski definition) is 4. The van der Waals surface area contributed by atoms with Gasteiger partial charge in [-0.3, -0.25) is 9.89 Å². The van der Waals surface area contributed by atoms with E-state index in [0.717, 1.165) is 25.9 Å². The number of piperidine rings is 1. The normalized spacial score (nSPS) is 15.5. The molecule has 0 atom stereocenters. The van der Waals surface area contributed by atoms with E-state index in [1.54, 1.807) is 18.2 Å². The topological polar surface area (TPSA) is 109 Å². The number of anilines is 1. The van der Waals surface area contributed by atoms with Crippen LogP contribution >= 0.6 is 0 Å². The fourth-order valence-corrected chi connectivity index (χ4v) is 2.71. The first-order valence-corrected chi connectivity index (χ1v) is 7.59. The molecule has 0 saturated carbocycles. The van der Waals surface area contributed by atoms with Crippen molar-refractivity contribution in [2.24, 2.45) is 5.92 Å². The summed E-state index contributed by atoms with van der Waals surface area (Å²) in [6.45, 7) is 1.83. The van der Waals surface area contributed by atoms with Crippen LogP contribution in [0.1, 0.15) is 18.4 Å². The monoisotopic (exact) mass is 318 g/mol. The first kappa shape index (κ1) is 15.4. The zero-order chi connectivity index (χ0) is 16.2. The highest BCUT2D eigenvalue weighted by atomic mass is 19.1. The summed E-state index contributed by atoms with van der Waals surface area (Å²) in [7, 11) is 0. The second-order valence-corrected chi connectivity index (χ2v) is 5.56. The maximum atomic E-state index is 14.6. The van der Waals surface area contributed by atoms with Crippen LogP contribution in [-0.4, -0.2) is 34.2 Å². The van der Waals surface area contributed by atoms with E-state index in [4.69, 9.17) is 5.73 Å². The molecule has 1 amide bonds. The average Bonchev–Trinajstić information content (AvgIpc) is 3.00. The molecule has 1 aromatic heterocycles. The summed E-state index contributed by atoms with van der Waals surface area (Å²) in [4.78, 5) is 16.1. The number of carbonyl (C=O) groups is 1. The molecule has 0 aliphatic carbocycles. The van der Waals surface area contributed by atoms with Crippen LogP contribution in [0, 0.1) is 11.7 Å². The molecule has 7 nitrogen and oxygen atoms in total. The lowest BCUT2D eigenvalue weighted by atomic mass is 9.97. The van der Waals surface area contributed by atoms with Crippen molar-refractivity contribution in [3.05, 3.63) is 29.6 Å². The maximum absolute atomic E-state index is 14.6. The van der Waals surface area contributed by atoms with Gasteiger partial charge in [-0.05, 0) is 32.0 Å². The minimum atomic E-state index is -0.436. The van der Waals surface area contributed by atoms with E-state index in [2.05, 4.69) is 25.8 Å². The van der Waals surface area contributed by atoms with Crippen LogP contribution in [0.5, 0.6) is 0 Å². The third-order valence-corrected chi connectivity index (χ3v) is 4.00. The van der Waals surface area contributed by atoms with Crippen molar-refractivity contribution in [1.82, 2.24) is 25.8 Å². The highest BCUT2D eigenvalue weighted by molar-refractivity contribution is 5.78. The molecule has 0 spiro atoms. The Balaban J connectivity index is 1.69. The number of aromatic nitrogens is 3. The Morgan fingerprint density at radius 2 is 2.17 bits per heavy atom. The Kier molecular flexibility index (Phi) is 4.52. The molecule has 2 heterocycles. The Hall–Kier alpha value is -2.48. The second-order valence-electron chi connectivity index (χ2n) is 5.56. The summed E-state index contributed by atoms with van der Waals surface area (Å²) < 4.78 is 14.6. The summed E-state index contributed by atoms with van der Waals surface area (Å²) >= 11 is 0. The van der Waals surface area contributed by atoms with Gasteiger partial charge < -0.3 is 16.4 Å². The number of nitrogens with two attached hydrogens (primary N) is 1. The average molecular weight is 318 g/mol. The fraction of sp³-hybridized carbons (Fsp3) is 0.400. The summed E-state index contributed by atoms with van der Waals surface area (Å²) in [5.74, 6) is -0.137. The molecular weight excluding hydrogens is 299 g/mol. The first-order chi connectivity index (χ1) is 11.1. The van der Waals surface area contributed by atoms with Gasteiger partial charge in [0.2, 0.25) is 11.9 Å². The minimum absolute atomic E-state index is 0.00318. The number of nitrogens with zero attached hydrogens (tertiary/aromatic N) is 2. The number of carbonyl (C=O) groups excluding carboxylic acids is 1. The van der Waals surface area contributed by atoms with Crippen molar-refractivity contribution in [3.8, 4) is 11.4 Å². The van der Waals surface area contributed by atoms with Crippen molar-refractivity contribution in [3.63, 3.8) is 0 Å². The van der Waals surface area contributed by atoms with Crippen LogP contribution in [0.3, 0.4) is 0 Å². The van der Waals surface area contributed by atoms with E-state index in [9.17, 15) is 9.18 Å². The molecule has 1 saturated heterocycles. The van der Waals surface area contributed by atoms with Gasteiger partial charge in [0.1, 0.15) is 5.82 Å². The van der Waals surface area contributed by atoms with Gasteiger partial charge in [-0.2, -0.15) is 4.98 Å². The molecule has 1 aliphatic rings. The zero-order valence-electron chi connectivity index (χ0n) is 12.6. The molecule has 0 radical (unpaired) electrons. The van der Waals surface area contributed by atoms with Crippen molar-refractivity contribution in [2.45, 2.75) is 19.4 Å². The first-order valence-electron chi connectivity index (χ1n) is 7.59. The molecule has 0 bridgehead atoms. The number of nitrogens with one attached hydrogen (secondary N) is 3. The van der Waals surface area contributed by atoms with Crippen LogP contribution in [0.25, 0.3) is 11.4 Å². The molecule has 5 N–H and O–H groups in total. The summed E-state index contributed by atoms with van der Waals surface area (Å²) in [5.41, 5.74) is 6.13. The summed E-state index contributed by atoms with van der Waals surface area (Å²) in [5, 5.41) is 12.3. The second kappa shape index (κ2) is 6.74. The molecule has 1 aliphatic heterocycles. The smallest absolute Gasteiger partial charge is 0.239 e. The molecule has 3 rings (SSSR count). The molecule has 8 heteroatoms. The van der Waals surface area contributed by atoms with Crippen molar-refractivity contribution in [1.29, 1.82) is 0 Å². The largest absolute Gasteiger partial charge is 0.366 e. The predicted octanol–water partition coefficient (Wildman–Crippen LogP) is 0.809. The Morgan fingerprint density at radius 3 is 2.87 bits per heavy atom. The number of halogens is 1. The number of H-pyrrole nitrogens is 1. The number of rotatable bonds is 4. The maximum Gasteiger partial charge on any atom is 0.239 e. The van der Waals surface area contributed by atoms with E-state index >= 15 is 0 Å². The van der Waals surface area contributed by atoms with Gasteiger partial charge >= 0.3 is 0 Å². The SMILES string of the molecule is Nc1n[nH]c(-c2cccc(CNC(=O)C3CCNCC3)c2F)n1. The third kappa shape index (κ3) is 3.48. The molecule has 122 valence electrons. The van der Waals surface area contributed by atoms with E-state index in [-0.39, 0.29) is 35.7 Å². The highest BCUT2D eigenvalue weighted by Crippen LogP contribution is 2.22. The van der Waals surface area contributed by atoms with Gasteiger partial charge in [0.15, 0.2) is 5.82 Å². The van der Waals surface area contributed by atoms with Crippen LogP contribution in [0.4, 0.5) is 10.3 Å². The van der Waals surface area contributed by atoms with Crippen molar-refractivity contribution >= 4 is 11.9 Å². The van der Waals surface area contributed by atoms with Crippen LogP contribution in [0.15, 0.2) is 18.2 Å². The lowest BCUT2D eigenvalue weighted by Crippen LogP contribution is -2.38. The molecule has 23 heavy (non-hydrogen) atoms. The minimum Gasteiger partial charge on any atom is -0.366 e. The molecule has 1 aromatic carbocycles. The standard InChI is InChI=1S/C15H19FN6O/c16-12-10(8-19-14(23)9-4-6-18-7-5-9)2-1-3-11(12)13-20-15(17)22-21-13/h1-3,9,18H,4-8H2,(H,19,23)(H3,17,20,21,22). The Morgan fingerprint density at radius 1 is 1.39 bits per heavy atom. The van der Waals surface area contributed by atoms with E-state index in [1.165, 1.54) is 0 Å². The highest BCUT2D eigenvalue weighted by Gasteiger charge is 2.21. The van der Waals surface area contributed by atoms with Crippen LogP contribution in [0.2, 0.25) is 0 Å². The number of benzene rings is 1. The van der Waals surface area contributed by atoms with Gasteiger partial charge in [0.25, 0.3) is 0 Å².